The summed E-state index contributed by atoms with van der Waals surface area (Å²) in [5.74, 6) is 5.89. The molecule has 102 valence electrons. The Balaban J connectivity index is 3.01. The van der Waals surface area contributed by atoms with Gasteiger partial charge >= 0.3 is 0 Å². The van der Waals surface area contributed by atoms with E-state index in [2.05, 4.69) is 10.4 Å². The van der Waals surface area contributed by atoms with Gasteiger partial charge in [0.2, 0.25) is 0 Å². The molecule has 0 fully saturated rings. The third-order valence-corrected chi connectivity index (χ3v) is 2.57. The number of pyridine rings is 1. The maximum atomic E-state index is 5.91. The van der Waals surface area contributed by atoms with E-state index in [9.17, 15) is 0 Å². The number of hydrazine groups is 1. The van der Waals surface area contributed by atoms with Gasteiger partial charge in [0.05, 0.1) is 5.02 Å². The molecule has 0 saturated heterocycles. The molecular weight excluding hydrogens is 256 g/mol. The van der Waals surface area contributed by atoms with Crippen LogP contribution in [-0.2, 0) is 9.47 Å². The predicted molar refractivity (Wildman–Crippen MR) is 70.8 cm³/mol. The third kappa shape index (κ3) is 3.79. The van der Waals surface area contributed by atoms with Crippen LogP contribution in [0.2, 0.25) is 5.02 Å². The first-order chi connectivity index (χ1) is 8.63. The van der Waals surface area contributed by atoms with Crippen molar-refractivity contribution in [3.05, 3.63) is 22.8 Å². The molecule has 18 heavy (non-hydrogen) atoms. The largest absolute Gasteiger partial charge is 0.383 e. The number of nitrogens with two attached hydrogens (primary N) is 2. The number of hydrogen-bond donors (Lipinski definition) is 3. The Morgan fingerprint density at radius 3 is 2.50 bits per heavy atom. The molecule has 0 radical (unpaired) electrons. The fourth-order valence-electron chi connectivity index (χ4n) is 1.60. The van der Waals surface area contributed by atoms with E-state index >= 15 is 0 Å². The maximum Gasteiger partial charge on any atom is 0.178 e. The van der Waals surface area contributed by atoms with E-state index in [0.29, 0.717) is 29.6 Å². The first-order valence-electron chi connectivity index (χ1n) is 5.74. The molecule has 0 aliphatic rings. The van der Waals surface area contributed by atoms with Crippen LogP contribution in [0.25, 0.3) is 0 Å². The lowest BCUT2D eigenvalue weighted by Gasteiger charge is -2.27. The highest BCUT2D eigenvalue weighted by Gasteiger charge is 2.25. The molecule has 1 aromatic heterocycles. The molecule has 1 aromatic rings. The van der Waals surface area contributed by atoms with Crippen LogP contribution in [-0.4, -0.2) is 24.5 Å². The van der Waals surface area contributed by atoms with Gasteiger partial charge < -0.3 is 15.2 Å². The van der Waals surface area contributed by atoms with Crippen molar-refractivity contribution in [1.82, 2.24) is 10.4 Å². The lowest BCUT2D eigenvalue weighted by Crippen LogP contribution is -2.40. The van der Waals surface area contributed by atoms with Crippen molar-refractivity contribution in [3.8, 4) is 0 Å². The van der Waals surface area contributed by atoms with Gasteiger partial charge in [-0.15, -0.1) is 0 Å². The Morgan fingerprint density at radius 1 is 1.39 bits per heavy atom. The second-order valence-electron chi connectivity index (χ2n) is 3.55. The van der Waals surface area contributed by atoms with Gasteiger partial charge in [0.1, 0.15) is 11.9 Å². The molecule has 1 rings (SSSR count). The molecule has 0 bridgehead atoms. The molecule has 1 heterocycles. The topological polar surface area (TPSA) is 95.4 Å². The predicted octanol–water partition coefficient (Wildman–Crippen LogP) is 1.22. The summed E-state index contributed by atoms with van der Waals surface area (Å²) in [6.07, 6.45) is 0.928. The molecule has 5 N–H and O–H groups in total. The zero-order valence-electron chi connectivity index (χ0n) is 10.5. The van der Waals surface area contributed by atoms with E-state index in [1.165, 1.54) is 6.20 Å². The van der Waals surface area contributed by atoms with Crippen molar-refractivity contribution in [3.63, 3.8) is 0 Å². The van der Waals surface area contributed by atoms with Gasteiger partial charge in [-0.25, -0.2) is 10.4 Å². The maximum absolute atomic E-state index is 5.91. The number of rotatable bonds is 7. The molecule has 0 saturated carbocycles. The van der Waals surface area contributed by atoms with Gasteiger partial charge in [-0.05, 0) is 19.9 Å². The number of nitrogens with one attached hydrogen (secondary N) is 1. The summed E-state index contributed by atoms with van der Waals surface area (Å²) in [6.45, 7) is 4.74. The number of aromatic nitrogens is 1. The highest BCUT2D eigenvalue weighted by molar-refractivity contribution is 6.30. The van der Waals surface area contributed by atoms with E-state index in [1.807, 2.05) is 13.8 Å². The van der Waals surface area contributed by atoms with Crippen LogP contribution in [0.5, 0.6) is 0 Å². The number of anilines is 1. The summed E-state index contributed by atoms with van der Waals surface area (Å²) >= 11 is 5.91. The lowest BCUT2D eigenvalue weighted by atomic mass is 10.1. The summed E-state index contributed by atoms with van der Waals surface area (Å²) in [6, 6.07) is 1.26. The number of halogens is 1. The zero-order chi connectivity index (χ0) is 13.5. The zero-order valence-corrected chi connectivity index (χ0v) is 11.3. The summed E-state index contributed by atoms with van der Waals surface area (Å²) in [4.78, 5) is 3.99. The van der Waals surface area contributed by atoms with Crippen molar-refractivity contribution in [2.45, 2.75) is 26.2 Å². The molecule has 0 aliphatic heterocycles. The van der Waals surface area contributed by atoms with Crippen molar-refractivity contribution in [2.75, 3.05) is 18.9 Å². The first-order valence-corrected chi connectivity index (χ1v) is 6.12. The number of nitrogen functional groups attached to an aromatic ring is 1. The van der Waals surface area contributed by atoms with Gasteiger partial charge in [-0.3, -0.25) is 5.84 Å². The molecule has 1 unspecified atom stereocenters. The Bertz CT molecular complexity index is 372. The van der Waals surface area contributed by atoms with E-state index in [0.717, 1.165) is 0 Å². The van der Waals surface area contributed by atoms with E-state index < -0.39 is 12.3 Å². The SMILES string of the molecule is CCOC(OCC)C(NN)c1cc(Cl)cnc1N. The fourth-order valence-corrected chi connectivity index (χ4v) is 1.77. The molecule has 0 aromatic carbocycles. The highest BCUT2D eigenvalue weighted by Crippen LogP contribution is 2.26. The summed E-state index contributed by atoms with van der Waals surface area (Å²) in [7, 11) is 0. The van der Waals surface area contributed by atoms with Crippen molar-refractivity contribution < 1.29 is 9.47 Å². The van der Waals surface area contributed by atoms with Crippen LogP contribution in [0.1, 0.15) is 25.5 Å². The summed E-state index contributed by atoms with van der Waals surface area (Å²) in [5, 5.41) is 0.478. The monoisotopic (exact) mass is 274 g/mol. The Kier molecular flexibility index (Phi) is 6.31. The highest BCUT2D eigenvalue weighted by atomic mass is 35.5. The van der Waals surface area contributed by atoms with Crippen molar-refractivity contribution in [1.29, 1.82) is 0 Å². The first kappa shape index (κ1) is 15.1. The molecule has 1 atom stereocenters. The van der Waals surface area contributed by atoms with E-state index in [4.69, 9.17) is 32.7 Å². The van der Waals surface area contributed by atoms with Crippen molar-refractivity contribution >= 4 is 17.4 Å². The molecular formula is C11H19ClN4O2. The van der Waals surface area contributed by atoms with Crippen LogP contribution in [0.3, 0.4) is 0 Å². The number of hydrogen-bond acceptors (Lipinski definition) is 6. The quantitative estimate of drug-likeness (QED) is 0.393. The minimum atomic E-state index is -0.549. The average molecular weight is 275 g/mol. The van der Waals surface area contributed by atoms with Crippen LogP contribution in [0, 0.1) is 0 Å². The summed E-state index contributed by atoms with van der Waals surface area (Å²) in [5.41, 5.74) is 9.10. The minimum Gasteiger partial charge on any atom is -0.383 e. The number of nitrogens with zero attached hydrogens (tertiary/aromatic N) is 1. The van der Waals surface area contributed by atoms with Gasteiger partial charge in [0.25, 0.3) is 0 Å². The van der Waals surface area contributed by atoms with E-state index in [-0.39, 0.29) is 0 Å². The fraction of sp³-hybridized carbons (Fsp3) is 0.545. The molecule has 7 heteroatoms. The molecule has 0 amide bonds. The third-order valence-electron chi connectivity index (χ3n) is 2.36. The van der Waals surface area contributed by atoms with Crippen LogP contribution >= 0.6 is 11.6 Å². The van der Waals surface area contributed by atoms with Crippen LogP contribution in [0.15, 0.2) is 12.3 Å². The molecule has 6 nitrogen and oxygen atoms in total. The van der Waals surface area contributed by atoms with Crippen LogP contribution in [0.4, 0.5) is 5.82 Å². The van der Waals surface area contributed by atoms with Gasteiger partial charge in [-0.2, -0.15) is 0 Å². The second-order valence-corrected chi connectivity index (χ2v) is 3.99. The number of ether oxygens (including phenoxy) is 2. The van der Waals surface area contributed by atoms with Gasteiger partial charge in [-0.1, -0.05) is 11.6 Å². The van der Waals surface area contributed by atoms with Gasteiger partial charge in [0.15, 0.2) is 6.29 Å². The average Bonchev–Trinajstić information content (AvgIpc) is 2.35. The standard InChI is InChI=1S/C11H19ClN4O2/c1-3-17-11(18-4-2)9(16-14)8-5-7(12)6-15-10(8)13/h5-6,9,11,16H,3-4,14H2,1-2H3,(H2,13,15). The molecule has 0 spiro atoms. The Hall–Kier alpha value is -0.920. The second kappa shape index (κ2) is 7.50. The Morgan fingerprint density at radius 2 is 2.00 bits per heavy atom. The van der Waals surface area contributed by atoms with E-state index in [1.54, 1.807) is 6.07 Å². The van der Waals surface area contributed by atoms with Gasteiger partial charge in [0, 0.05) is 25.0 Å². The van der Waals surface area contributed by atoms with Crippen molar-refractivity contribution in [2.24, 2.45) is 5.84 Å². The molecule has 0 aliphatic carbocycles. The normalized spacial score (nSPS) is 12.9. The Labute approximate surface area is 112 Å². The minimum absolute atomic E-state index is 0.340. The lowest BCUT2D eigenvalue weighted by molar-refractivity contribution is -0.155. The van der Waals surface area contributed by atoms with Crippen LogP contribution < -0.4 is 17.0 Å². The summed E-state index contributed by atoms with van der Waals surface area (Å²) < 4.78 is 11.0. The smallest absolute Gasteiger partial charge is 0.178 e.